The number of benzene rings is 2. The summed E-state index contributed by atoms with van der Waals surface area (Å²) >= 11 is 0. The second-order valence-electron chi connectivity index (χ2n) is 6.50. The number of hydrogen-bond acceptors (Lipinski definition) is 4. The fourth-order valence-corrected chi connectivity index (χ4v) is 2.46. The fraction of sp³-hybridized carbons (Fsp3) is 0.318. The molecule has 0 aromatic heterocycles. The van der Waals surface area contributed by atoms with Crippen LogP contribution in [0.4, 0.5) is 5.69 Å². The zero-order chi connectivity index (χ0) is 21.1. The van der Waals surface area contributed by atoms with E-state index in [1.807, 2.05) is 0 Å². The van der Waals surface area contributed by atoms with E-state index in [2.05, 4.69) is 22.9 Å². The van der Waals surface area contributed by atoms with E-state index in [-0.39, 0.29) is 17.7 Å². The normalized spacial score (nSPS) is 10.1. The van der Waals surface area contributed by atoms with Crippen molar-refractivity contribution in [2.75, 3.05) is 25.0 Å². The van der Waals surface area contributed by atoms with E-state index in [4.69, 9.17) is 4.74 Å². The molecule has 7 nitrogen and oxygen atoms in total. The minimum absolute atomic E-state index is 0.141. The van der Waals surface area contributed by atoms with Gasteiger partial charge in [0.25, 0.3) is 11.8 Å². The number of ether oxygens (including phenoxy) is 1. The molecular formula is C22H27N3O4. The lowest BCUT2D eigenvalue weighted by Crippen LogP contribution is -2.33. The molecule has 2 aromatic carbocycles. The Labute approximate surface area is 170 Å². The standard InChI is InChI=1S/C22H27N3O4/c1-3-4-15-29-20-11-7-18(8-12-20)22(28)25-19-9-5-17(6-10-19)21(27)24-14-13-23-16(2)26/h5-12H,3-4,13-15H2,1-2H3,(H,23,26)(H,24,27)(H,25,28). The van der Waals surface area contributed by atoms with Crippen molar-refractivity contribution >= 4 is 23.4 Å². The van der Waals surface area contributed by atoms with E-state index in [0.29, 0.717) is 36.5 Å². The molecule has 3 amide bonds. The number of carbonyl (C=O) groups is 3. The predicted octanol–water partition coefficient (Wildman–Crippen LogP) is 2.98. The quantitative estimate of drug-likeness (QED) is 0.537. The average molecular weight is 397 g/mol. The highest BCUT2D eigenvalue weighted by Gasteiger charge is 2.08. The van der Waals surface area contributed by atoms with Crippen LogP contribution in [-0.4, -0.2) is 37.4 Å². The van der Waals surface area contributed by atoms with Gasteiger partial charge in [0, 0.05) is 36.8 Å². The molecule has 29 heavy (non-hydrogen) atoms. The third-order valence-corrected chi connectivity index (χ3v) is 4.07. The molecule has 0 radical (unpaired) electrons. The third-order valence-electron chi connectivity index (χ3n) is 4.07. The summed E-state index contributed by atoms with van der Waals surface area (Å²) in [6.45, 7) is 4.90. The molecule has 3 N–H and O–H groups in total. The Morgan fingerprint density at radius 3 is 2.03 bits per heavy atom. The van der Waals surface area contributed by atoms with Crippen LogP contribution in [0.3, 0.4) is 0 Å². The first-order valence-corrected chi connectivity index (χ1v) is 9.66. The van der Waals surface area contributed by atoms with Gasteiger partial charge < -0.3 is 20.7 Å². The average Bonchev–Trinajstić information content (AvgIpc) is 2.72. The Morgan fingerprint density at radius 1 is 0.828 bits per heavy atom. The molecule has 2 rings (SSSR count). The molecule has 0 heterocycles. The van der Waals surface area contributed by atoms with Gasteiger partial charge in [-0.05, 0) is 55.0 Å². The Kier molecular flexibility index (Phi) is 8.69. The van der Waals surface area contributed by atoms with E-state index >= 15 is 0 Å². The maximum atomic E-state index is 12.4. The molecule has 0 aliphatic heterocycles. The van der Waals surface area contributed by atoms with Gasteiger partial charge >= 0.3 is 0 Å². The zero-order valence-corrected chi connectivity index (χ0v) is 16.8. The van der Waals surface area contributed by atoms with Gasteiger partial charge in [-0.1, -0.05) is 13.3 Å². The van der Waals surface area contributed by atoms with Gasteiger partial charge in [-0.2, -0.15) is 0 Å². The van der Waals surface area contributed by atoms with Crippen LogP contribution in [0, 0.1) is 0 Å². The molecule has 0 bridgehead atoms. The van der Waals surface area contributed by atoms with Gasteiger partial charge in [0.1, 0.15) is 5.75 Å². The summed E-state index contributed by atoms with van der Waals surface area (Å²) in [6.07, 6.45) is 2.06. The van der Waals surface area contributed by atoms with Crippen LogP contribution < -0.4 is 20.7 Å². The summed E-state index contributed by atoms with van der Waals surface area (Å²) in [7, 11) is 0. The highest BCUT2D eigenvalue weighted by Crippen LogP contribution is 2.15. The SMILES string of the molecule is CCCCOc1ccc(C(=O)Nc2ccc(C(=O)NCCNC(C)=O)cc2)cc1. The monoisotopic (exact) mass is 397 g/mol. The molecule has 0 saturated carbocycles. The van der Waals surface area contributed by atoms with Gasteiger partial charge in [0.05, 0.1) is 6.61 Å². The summed E-state index contributed by atoms with van der Waals surface area (Å²) in [5.41, 5.74) is 1.58. The number of anilines is 1. The first kappa shape index (κ1) is 21.9. The van der Waals surface area contributed by atoms with Crippen LogP contribution in [0.5, 0.6) is 5.75 Å². The van der Waals surface area contributed by atoms with E-state index in [1.54, 1.807) is 48.5 Å². The molecule has 154 valence electrons. The van der Waals surface area contributed by atoms with Crippen LogP contribution in [0.1, 0.15) is 47.4 Å². The molecule has 0 fully saturated rings. The second-order valence-corrected chi connectivity index (χ2v) is 6.50. The lowest BCUT2D eigenvalue weighted by Gasteiger charge is -2.09. The van der Waals surface area contributed by atoms with Crippen molar-refractivity contribution in [1.29, 1.82) is 0 Å². The Hall–Kier alpha value is -3.35. The zero-order valence-electron chi connectivity index (χ0n) is 16.8. The first-order valence-electron chi connectivity index (χ1n) is 9.66. The third kappa shape index (κ3) is 7.65. The summed E-state index contributed by atoms with van der Waals surface area (Å²) in [5.74, 6) is 0.117. The summed E-state index contributed by atoms with van der Waals surface area (Å²) in [4.78, 5) is 35.2. The number of amides is 3. The highest BCUT2D eigenvalue weighted by molar-refractivity contribution is 6.04. The highest BCUT2D eigenvalue weighted by atomic mass is 16.5. The lowest BCUT2D eigenvalue weighted by molar-refractivity contribution is -0.118. The molecule has 7 heteroatoms. The van der Waals surface area contributed by atoms with Gasteiger partial charge in [-0.25, -0.2) is 0 Å². The largest absolute Gasteiger partial charge is 0.494 e. The van der Waals surface area contributed by atoms with Gasteiger partial charge in [0.15, 0.2) is 0 Å². The van der Waals surface area contributed by atoms with Crippen molar-refractivity contribution in [3.8, 4) is 5.75 Å². The maximum absolute atomic E-state index is 12.4. The van der Waals surface area contributed by atoms with Crippen LogP contribution in [0.2, 0.25) is 0 Å². The van der Waals surface area contributed by atoms with Crippen molar-refractivity contribution in [2.45, 2.75) is 26.7 Å². The summed E-state index contributed by atoms with van der Waals surface area (Å²) < 4.78 is 5.59. The molecule has 0 unspecified atom stereocenters. The lowest BCUT2D eigenvalue weighted by atomic mass is 10.1. The van der Waals surface area contributed by atoms with E-state index in [0.717, 1.165) is 18.6 Å². The molecule has 0 spiro atoms. The smallest absolute Gasteiger partial charge is 0.255 e. The van der Waals surface area contributed by atoms with Crippen LogP contribution in [0.25, 0.3) is 0 Å². The topological polar surface area (TPSA) is 96.5 Å². The van der Waals surface area contributed by atoms with Crippen LogP contribution in [0.15, 0.2) is 48.5 Å². The fourth-order valence-electron chi connectivity index (χ4n) is 2.46. The minimum atomic E-state index is -0.244. The first-order chi connectivity index (χ1) is 14.0. The van der Waals surface area contributed by atoms with E-state index < -0.39 is 0 Å². The molecule has 0 saturated heterocycles. The van der Waals surface area contributed by atoms with Crippen LogP contribution >= 0.6 is 0 Å². The Morgan fingerprint density at radius 2 is 1.41 bits per heavy atom. The predicted molar refractivity (Wildman–Crippen MR) is 112 cm³/mol. The van der Waals surface area contributed by atoms with Crippen molar-refractivity contribution in [3.63, 3.8) is 0 Å². The summed E-state index contributed by atoms with van der Waals surface area (Å²) in [6, 6.07) is 13.6. The number of nitrogens with one attached hydrogen (secondary N) is 3. The van der Waals surface area contributed by atoms with Crippen molar-refractivity contribution in [3.05, 3.63) is 59.7 Å². The second kappa shape index (κ2) is 11.5. The van der Waals surface area contributed by atoms with Crippen LogP contribution in [-0.2, 0) is 4.79 Å². The maximum Gasteiger partial charge on any atom is 0.255 e. The number of unbranched alkanes of at least 4 members (excludes halogenated alkanes) is 1. The minimum Gasteiger partial charge on any atom is -0.494 e. The Balaban J connectivity index is 1.84. The number of hydrogen-bond donors (Lipinski definition) is 3. The van der Waals surface area contributed by atoms with E-state index in [9.17, 15) is 14.4 Å². The molecule has 0 aliphatic carbocycles. The Bertz CT molecular complexity index is 817. The van der Waals surface area contributed by atoms with Gasteiger partial charge in [0.2, 0.25) is 5.91 Å². The van der Waals surface area contributed by atoms with Crippen molar-refractivity contribution in [1.82, 2.24) is 10.6 Å². The van der Waals surface area contributed by atoms with Crippen molar-refractivity contribution in [2.24, 2.45) is 0 Å². The summed E-state index contributed by atoms with van der Waals surface area (Å²) in [5, 5.41) is 8.12. The number of rotatable bonds is 10. The molecule has 0 atom stereocenters. The molecular weight excluding hydrogens is 370 g/mol. The molecule has 2 aromatic rings. The number of carbonyl (C=O) groups excluding carboxylic acids is 3. The molecule has 0 aliphatic rings. The van der Waals surface area contributed by atoms with Gasteiger partial charge in [-0.15, -0.1) is 0 Å². The van der Waals surface area contributed by atoms with E-state index in [1.165, 1.54) is 6.92 Å². The van der Waals surface area contributed by atoms with Crippen molar-refractivity contribution < 1.29 is 19.1 Å². The van der Waals surface area contributed by atoms with Gasteiger partial charge in [-0.3, -0.25) is 14.4 Å².